The third kappa shape index (κ3) is 6.65. The van der Waals surface area contributed by atoms with Gasteiger partial charge in [0.15, 0.2) is 6.61 Å². The molecule has 1 fully saturated rings. The summed E-state index contributed by atoms with van der Waals surface area (Å²) >= 11 is 1.41. The van der Waals surface area contributed by atoms with Crippen molar-refractivity contribution in [2.45, 2.75) is 70.8 Å². The highest BCUT2D eigenvalue weighted by Crippen LogP contribution is 2.30. The van der Waals surface area contributed by atoms with Crippen LogP contribution in [0.3, 0.4) is 0 Å². The molecule has 1 amide bonds. The smallest absolute Gasteiger partial charge is 0.278 e. The summed E-state index contributed by atoms with van der Waals surface area (Å²) in [4.78, 5) is 19.3. The summed E-state index contributed by atoms with van der Waals surface area (Å²) in [7, 11) is 0. The van der Waals surface area contributed by atoms with Crippen LogP contribution in [0.25, 0.3) is 0 Å². The van der Waals surface area contributed by atoms with Gasteiger partial charge in [-0.05, 0) is 51.0 Å². The third-order valence-electron chi connectivity index (χ3n) is 5.64. The van der Waals surface area contributed by atoms with Crippen LogP contribution >= 0.6 is 11.3 Å². The number of hydrogen-bond acceptors (Lipinski definition) is 5. The van der Waals surface area contributed by atoms with Crippen LogP contribution in [0.1, 0.15) is 56.5 Å². The highest BCUT2D eigenvalue weighted by Gasteiger charge is 2.25. The quantitative estimate of drug-likeness (QED) is 0.738. The maximum atomic E-state index is 12.9. The van der Waals surface area contributed by atoms with Crippen molar-refractivity contribution >= 4 is 17.2 Å². The van der Waals surface area contributed by atoms with Crippen molar-refractivity contribution in [3.63, 3.8) is 0 Å². The van der Waals surface area contributed by atoms with Gasteiger partial charge in [-0.3, -0.25) is 4.79 Å². The van der Waals surface area contributed by atoms with Crippen LogP contribution in [0.2, 0.25) is 0 Å². The monoisotopic (exact) mass is 415 g/mol. The molecular weight excluding hydrogens is 384 g/mol. The first kappa shape index (κ1) is 21.4. The van der Waals surface area contributed by atoms with E-state index in [1.165, 1.54) is 35.5 Å². The molecule has 0 spiro atoms. The van der Waals surface area contributed by atoms with Crippen LogP contribution in [0.15, 0.2) is 0 Å². The van der Waals surface area contributed by atoms with Gasteiger partial charge in [0.05, 0.1) is 5.69 Å². The number of fused-ring (bicyclic) bond motifs is 1. The number of hydrogen-bond donors (Lipinski definition) is 1. The lowest BCUT2D eigenvalue weighted by Gasteiger charge is -2.30. The van der Waals surface area contributed by atoms with Crippen LogP contribution in [-0.4, -0.2) is 54.0 Å². The van der Waals surface area contributed by atoms with E-state index in [-0.39, 0.29) is 5.91 Å². The Hall–Kier alpha value is -1.28. The summed E-state index contributed by atoms with van der Waals surface area (Å²) in [6.45, 7) is 4.87. The molecule has 1 N–H and O–H groups in total. The van der Waals surface area contributed by atoms with Crippen molar-refractivity contribution in [1.82, 2.24) is 15.2 Å². The van der Waals surface area contributed by atoms with E-state index in [1.54, 1.807) is 6.92 Å². The van der Waals surface area contributed by atoms with E-state index in [1.807, 2.05) is 0 Å². The van der Waals surface area contributed by atoms with Crippen molar-refractivity contribution < 1.29 is 18.3 Å². The zero-order chi connectivity index (χ0) is 20.1. The molecule has 28 heavy (non-hydrogen) atoms. The molecule has 1 aromatic heterocycles. The Balaban J connectivity index is 1.39. The molecule has 1 aliphatic carbocycles. The molecule has 2 aliphatic rings. The Morgan fingerprint density at radius 1 is 1.29 bits per heavy atom. The molecule has 0 unspecified atom stereocenters. The van der Waals surface area contributed by atoms with Crippen LogP contribution in [0, 0.1) is 5.92 Å². The van der Waals surface area contributed by atoms with Gasteiger partial charge < -0.3 is 15.0 Å². The zero-order valence-electron chi connectivity index (χ0n) is 16.8. The van der Waals surface area contributed by atoms with Gasteiger partial charge in [0.2, 0.25) is 5.91 Å². The molecule has 0 atom stereocenters. The fraction of sp³-hybridized carbons (Fsp3) is 0.800. The number of carbonyl (C=O) groups is 1. The Kier molecular flexibility index (Phi) is 7.25. The number of ether oxygens (including phenoxy) is 1. The van der Waals surface area contributed by atoms with E-state index >= 15 is 0 Å². The van der Waals surface area contributed by atoms with Crippen molar-refractivity contribution in [3.8, 4) is 5.19 Å². The lowest BCUT2D eigenvalue weighted by molar-refractivity contribution is -0.119. The van der Waals surface area contributed by atoms with Gasteiger partial charge in [-0.15, -0.1) is 0 Å². The van der Waals surface area contributed by atoms with Crippen LogP contribution < -0.4 is 10.1 Å². The van der Waals surface area contributed by atoms with Gasteiger partial charge in [-0.1, -0.05) is 11.3 Å². The normalized spacial score (nSPS) is 23.7. The second kappa shape index (κ2) is 9.48. The van der Waals surface area contributed by atoms with Gasteiger partial charge in [-0.25, -0.2) is 13.8 Å². The molecule has 1 aliphatic heterocycles. The minimum Gasteiger partial charge on any atom is -0.464 e. The van der Waals surface area contributed by atoms with E-state index in [2.05, 4.69) is 15.2 Å². The molecule has 0 bridgehead atoms. The van der Waals surface area contributed by atoms with Gasteiger partial charge in [0.25, 0.3) is 11.1 Å². The fourth-order valence-electron chi connectivity index (χ4n) is 4.11. The molecule has 0 aromatic carbocycles. The Morgan fingerprint density at radius 2 is 2.00 bits per heavy atom. The third-order valence-corrected chi connectivity index (χ3v) is 6.71. The molecule has 2 heterocycles. The molecule has 158 valence electrons. The predicted octanol–water partition coefficient (Wildman–Crippen LogP) is 3.66. The summed E-state index contributed by atoms with van der Waals surface area (Å²) < 4.78 is 31.1. The lowest BCUT2D eigenvalue weighted by atomic mass is 9.84. The van der Waals surface area contributed by atoms with Crippen LogP contribution in [0.5, 0.6) is 5.19 Å². The summed E-state index contributed by atoms with van der Waals surface area (Å²) in [5.41, 5.74) is 1.01. The molecule has 3 rings (SSSR count). The highest BCUT2D eigenvalue weighted by atomic mass is 32.1. The van der Waals surface area contributed by atoms with Gasteiger partial charge in [-0.2, -0.15) is 0 Å². The zero-order valence-corrected chi connectivity index (χ0v) is 17.6. The number of thiazole rings is 1. The van der Waals surface area contributed by atoms with Gasteiger partial charge in [0.1, 0.15) is 0 Å². The molecule has 1 saturated carbocycles. The van der Waals surface area contributed by atoms with E-state index in [0.717, 1.165) is 63.9 Å². The molecule has 5 nitrogen and oxygen atoms in total. The van der Waals surface area contributed by atoms with Crippen molar-refractivity contribution in [2.75, 3.05) is 26.2 Å². The first-order chi connectivity index (χ1) is 13.3. The summed E-state index contributed by atoms with van der Waals surface area (Å²) in [6, 6.07) is 0.359. The number of rotatable bonds is 7. The van der Waals surface area contributed by atoms with Crippen LogP contribution in [0.4, 0.5) is 8.78 Å². The Morgan fingerprint density at radius 3 is 2.68 bits per heavy atom. The number of alkyl halides is 2. The van der Waals surface area contributed by atoms with E-state index in [0.29, 0.717) is 11.2 Å². The maximum Gasteiger partial charge on any atom is 0.278 e. The molecule has 0 radical (unpaired) electrons. The van der Waals surface area contributed by atoms with Gasteiger partial charge >= 0.3 is 0 Å². The minimum absolute atomic E-state index is 0.0751. The number of nitrogens with zero attached hydrogens (tertiary/aromatic N) is 2. The first-order valence-electron chi connectivity index (χ1n) is 10.3. The average Bonchev–Trinajstić information content (AvgIpc) is 2.92. The number of halogens is 2. The lowest BCUT2D eigenvalue weighted by Crippen LogP contribution is -2.37. The average molecular weight is 416 g/mol. The Bertz CT molecular complexity index is 629. The number of nitrogens with one attached hydrogen (secondary N) is 1. The molecule has 0 saturated heterocycles. The SMILES string of the molecule is CC(=O)NC1CCC(CCN2CCc3nc(OCC(C)(F)F)sc3CC2)CC1. The largest absolute Gasteiger partial charge is 0.464 e. The Labute approximate surface area is 169 Å². The summed E-state index contributed by atoms with van der Waals surface area (Å²) in [5, 5.41) is 3.41. The second-order valence-corrected chi connectivity index (χ2v) is 9.30. The molecule has 1 aromatic rings. The highest BCUT2D eigenvalue weighted by molar-refractivity contribution is 7.13. The van der Waals surface area contributed by atoms with Crippen LogP contribution in [-0.2, 0) is 17.6 Å². The van der Waals surface area contributed by atoms with E-state index in [9.17, 15) is 13.6 Å². The van der Waals surface area contributed by atoms with Crippen molar-refractivity contribution in [2.24, 2.45) is 5.92 Å². The summed E-state index contributed by atoms with van der Waals surface area (Å²) in [6.07, 6.45) is 7.53. The topological polar surface area (TPSA) is 54.5 Å². The van der Waals surface area contributed by atoms with E-state index < -0.39 is 12.5 Å². The minimum atomic E-state index is -2.83. The van der Waals surface area contributed by atoms with Crippen molar-refractivity contribution in [1.29, 1.82) is 0 Å². The number of aromatic nitrogens is 1. The first-order valence-corrected chi connectivity index (χ1v) is 11.1. The number of carbonyl (C=O) groups excluding carboxylic acids is 1. The molecular formula is C20H31F2N3O2S. The maximum absolute atomic E-state index is 12.9. The summed E-state index contributed by atoms with van der Waals surface area (Å²) in [5.74, 6) is -2.01. The molecule has 8 heteroatoms. The van der Waals surface area contributed by atoms with Gasteiger partial charge in [0, 0.05) is 44.3 Å². The van der Waals surface area contributed by atoms with Crippen molar-refractivity contribution in [3.05, 3.63) is 10.6 Å². The standard InChI is InChI=1S/C20H31F2N3O2S/c1-14(26)23-16-5-3-15(4-6-16)7-10-25-11-8-17-18(9-12-25)28-19(24-17)27-13-20(2,21)22/h15-16H,3-13H2,1-2H3,(H,23,26). The second-order valence-electron chi connectivity index (χ2n) is 8.26. The fourth-order valence-corrected chi connectivity index (χ4v) is 5.05. The van der Waals surface area contributed by atoms with E-state index in [4.69, 9.17) is 4.74 Å². The predicted molar refractivity (Wildman–Crippen MR) is 106 cm³/mol. The number of amides is 1.